The molecule has 0 bridgehead atoms. The van der Waals surface area contributed by atoms with Crippen LogP contribution in [0.5, 0.6) is 0 Å². The fraction of sp³-hybridized carbons (Fsp3) is 0.238. The van der Waals surface area contributed by atoms with E-state index in [0.717, 1.165) is 23.6 Å². The van der Waals surface area contributed by atoms with Gasteiger partial charge in [0.25, 0.3) is 5.91 Å². The number of nitrogens with one attached hydrogen (secondary N) is 1. The van der Waals surface area contributed by atoms with E-state index in [1.54, 1.807) is 18.2 Å². The number of anilines is 1. The number of rotatable bonds is 5. The molecule has 1 fully saturated rings. The maximum Gasteiger partial charge on any atom is 0.290 e. The Balaban J connectivity index is 1.48. The van der Waals surface area contributed by atoms with E-state index in [-0.39, 0.29) is 17.3 Å². The molecule has 4 rings (SSSR count). The molecular weight excluding hydrogens is 374 g/mol. The topological polar surface area (TPSA) is 70.4 Å². The van der Waals surface area contributed by atoms with Crippen LogP contribution in [0, 0.1) is 0 Å². The van der Waals surface area contributed by atoms with E-state index in [2.05, 4.69) is 5.32 Å². The summed E-state index contributed by atoms with van der Waals surface area (Å²) in [7, 11) is -3.50. The number of amides is 1. The molecule has 1 amide bonds. The van der Waals surface area contributed by atoms with Crippen LogP contribution in [0.25, 0.3) is 10.8 Å². The van der Waals surface area contributed by atoms with Gasteiger partial charge < -0.3 is 5.32 Å². The van der Waals surface area contributed by atoms with Crippen LogP contribution in [0.4, 0.5) is 5.69 Å². The van der Waals surface area contributed by atoms with E-state index in [9.17, 15) is 13.2 Å². The second-order valence-corrected chi connectivity index (χ2v) is 8.87. The van der Waals surface area contributed by atoms with Crippen molar-refractivity contribution in [1.29, 1.82) is 0 Å². The molecule has 0 saturated carbocycles. The second-order valence-electron chi connectivity index (χ2n) is 6.93. The minimum atomic E-state index is -3.50. The average molecular weight is 396 g/mol. The average Bonchev–Trinajstić information content (AvgIpc) is 3.24. The van der Waals surface area contributed by atoms with Gasteiger partial charge in [-0.1, -0.05) is 24.3 Å². The Hall–Kier alpha value is -2.77. The van der Waals surface area contributed by atoms with E-state index in [0.29, 0.717) is 18.8 Å². The predicted molar refractivity (Wildman–Crippen MR) is 107 cm³/mol. The first-order valence-corrected chi connectivity index (χ1v) is 10.7. The van der Waals surface area contributed by atoms with Crippen molar-refractivity contribution in [3.8, 4) is 0 Å². The third-order valence-corrected chi connectivity index (χ3v) is 6.79. The van der Waals surface area contributed by atoms with Crippen molar-refractivity contribution in [2.45, 2.75) is 24.3 Å². The summed E-state index contributed by atoms with van der Waals surface area (Å²) in [5.41, 5.74) is 0.478. The minimum Gasteiger partial charge on any atom is -0.321 e. The summed E-state index contributed by atoms with van der Waals surface area (Å²) in [6, 6.07) is 16.4. The number of hydrogen-bond donors (Lipinski definition) is 1. The smallest absolute Gasteiger partial charge is 0.290 e. The lowest BCUT2D eigenvalue weighted by Gasteiger charge is -2.16. The number of carbonyl (C=O) groups excluding carboxylic acids is 1. The van der Waals surface area contributed by atoms with Gasteiger partial charge in [-0.3, -0.25) is 4.79 Å². The fourth-order valence-corrected chi connectivity index (χ4v) is 5.02. The van der Waals surface area contributed by atoms with Gasteiger partial charge in [-0.2, -0.15) is 8.87 Å². The quantitative estimate of drug-likeness (QED) is 0.674. The van der Waals surface area contributed by atoms with Gasteiger partial charge in [-0.25, -0.2) is 8.42 Å². The molecule has 0 atom stereocenters. The van der Waals surface area contributed by atoms with E-state index >= 15 is 0 Å². The van der Waals surface area contributed by atoms with Gasteiger partial charge in [-0.05, 0) is 42.5 Å². The maximum atomic E-state index is 12.7. The molecule has 1 N–H and O–H groups in total. The monoisotopic (exact) mass is 396 g/mol. The summed E-state index contributed by atoms with van der Waals surface area (Å²) in [5, 5.41) is 4.96. The van der Waals surface area contributed by atoms with Gasteiger partial charge in [0.2, 0.25) is 16.6 Å². The lowest BCUT2D eigenvalue weighted by atomic mass is 10.2. The highest BCUT2D eigenvalue weighted by Crippen LogP contribution is 2.23. The molecule has 0 radical (unpaired) electrons. The summed E-state index contributed by atoms with van der Waals surface area (Å²) in [6.45, 7) is 1.25. The summed E-state index contributed by atoms with van der Waals surface area (Å²) >= 11 is 0. The molecular formula is C21H22N3O3S+. The molecule has 3 aromatic rings. The molecule has 2 aromatic carbocycles. The zero-order valence-electron chi connectivity index (χ0n) is 15.4. The first-order valence-electron chi connectivity index (χ1n) is 9.30. The first-order chi connectivity index (χ1) is 13.5. The highest BCUT2D eigenvalue weighted by atomic mass is 32.2. The van der Waals surface area contributed by atoms with Gasteiger partial charge in [0.1, 0.15) is 0 Å². The molecule has 0 spiro atoms. The molecule has 6 nitrogen and oxygen atoms in total. The first kappa shape index (κ1) is 18.6. The highest BCUT2D eigenvalue weighted by molar-refractivity contribution is 7.89. The van der Waals surface area contributed by atoms with Crippen LogP contribution in [0.2, 0.25) is 0 Å². The van der Waals surface area contributed by atoms with Crippen LogP contribution < -0.4 is 9.88 Å². The summed E-state index contributed by atoms with van der Waals surface area (Å²) in [4.78, 5) is 12.7. The standard InChI is InChI=1S/C21H21N3O3S/c25-21(16-23-13-10-17-6-1-2-7-18(17)15-23)22-19-8-5-9-20(14-19)28(26,27)24-11-3-4-12-24/h1-2,5-10,13-15H,3-4,11-12,16H2/p+1. The van der Waals surface area contributed by atoms with E-state index in [1.165, 1.54) is 10.4 Å². The van der Waals surface area contributed by atoms with Gasteiger partial charge in [0, 0.05) is 30.2 Å². The molecule has 1 aliphatic heterocycles. The number of benzene rings is 2. The minimum absolute atomic E-state index is 0.147. The predicted octanol–water partition coefficient (Wildman–Crippen LogP) is 2.55. The van der Waals surface area contributed by atoms with Crippen molar-refractivity contribution in [3.63, 3.8) is 0 Å². The third-order valence-electron chi connectivity index (χ3n) is 4.89. The number of aromatic nitrogens is 1. The largest absolute Gasteiger partial charge is 0.321 e. The summed E-state index contributed by atoms with van der Waals surface area (Å²) in [6.07, 6.45) is 5.55. The Morgan fingerprint density at radius 2 is 1.75 bits per heavy atom. The molecule has 7 heteroatoms. The summed E-state index contributed by atoms with van der Waals surface area (Å²) < 4.78 is 28.7. The van der Waals surface area contributed by atoms with Crippen molar-refractivity contribution < 1.29 is 17.8 Å². The van der Waals surface area contributed by atoms with Gasteiger partial charge >= 0.3 is 0 Å². The van der Waals surface area contributed by atoms with Gasteiger partial charge in [0.05, 0.1) is 4.90 Å². The summed E-state index contributed by atoms with van der Waals surface area (Å²) in [5.74, 6) is -0.212. The van der Waals surface area contributed by atoms with Crippen LogP contribution in [0.3, 0.4) is 0 Å². The SMILES string of the molecule is O=C(C[n+]1ccc2ccccc2c1)Nc1cccc(S(=O)(=O)N2CCCC2)c1. The van der Waals surface area contributed by atoms with Crippen LogP contribution in [-0.2, 0) is 21.4 Å². The van der Waals surface area contributed by atoms with Crippen molar-refractivity contribution in [2.24, 2.45) is 0 Å². The van der Waals surface area contributed by atoms with E-state index < -0.39 is 10.0 Å². The number of pyridine rings is 1. The van der Waals surface area contributed by atoms with E-state index in [4.69, 9.17) is 0 Å². The zero-order chi connectivity index (χ0) is 19.6. The van der Waals surface area contributed by atoms with E-state index in [1.807, 2.05) is 47.3 Å². The number of fused-ring (bicyclic) bond motifs is 1. The highest BCUT2D eigenvalue weighted by Gasteiger charge is 2.27. The van der Waals surface area contributed by atoms with Gasteiger partial charge in [0.15, 0.2) is 12.4 Å². The Kier molecular flexibility index (Phi) is 5.11. The molecule has 0 unspecified atom stereocenters. The fourth-order valence-electron chi connectivity index (χ4n) is 3.45. The molecule has 28 heavy (non-hydrogen) atoms. The van der Waals surface area contributed by atoms with Crippen LogP contribution in [0.1, 0.15) is 12.8 Å². The number of carbonyl (C=O) groups is 1. The molecule has 1 aromatic heterocycles. The number of hydrogen-bond acceptors (Lipinski definition) is 3. The Morgan fingerprint density at radius 1 is 1.00 bits per heavy atom. The lowest BCUT2D eigenvalue weighted by molar-refractivity contribution is -0.682. The molecule has 0 aliphatic carbocycles. The van der Waals surface area contributed by atoms with Crippen LogP contribution in [-0.4, -0.2) is 31.7 Å². The molecule has 1 saturated heterocycles. The van der Waals surface area contributed by atoms with Crippen molar-refractivity contribution in [3.05, 3.63) is 67.0 Å². The lowest BCUT2D eigenvalue weighted by Crippen LogP contribution is -2.39. The zero-order valence-corrected chi connectivity index (χ0v) is 16.2. The second kappa shape index (κ2) is 7.69. The van der Waals surface area contributed by atoms with Crippen LogP contribution >= 0.6 is 0 Å². The maximum absolute atomic E-state index is 12.7. The normalized spacial score (nSPS) is 15.0. The van der Waals surface area contributed by atoms with Crippen molar-refractivity contribution >= 4 is 32.4 Å². The van der Waals surface area contributed by atoms with Crippen molar-refractivity contribution in [2.75, 3.05) is 18.4 Å². The molecule has 1 aliphatic rings. The molecule has 144 valence electrons. The Labute approximate surface area is 164 Å². The Bertz CT molecular complexity index is 1120. The third kappa shape index (κ3) is 3.90. The van der Waals surface area contributed by atoms with Crippen LogP contribution in [0.15, 0.2) is 71.9 Å². The Morgan fingerprint density at radius 3 is 2.54 bits per heavy atom. The van der Waals surface area contributed by atoms with Gasteiger partial charge in [-0.15, -0.1) is 0 Å². The van der Waals surface area contributed by atoms with Crippen molar-refractivity contribution in [1.82, 2.24) is 4.31 Å². The number of sulfonamides is 1. The number of nitrogens with zero attached hydrogens (tertiary/aromatic N) is 2. The molecule has 2 heterocycles.